The van der Waals surface area contributed by atoms with Crippen LogP contribution in [0.3, 0.4) is 0 Å². The molecule has 0 saturated carbocycles. The number of nitrogens with zero attached hydrogens (tertiary/aromatic N) is 2. The zero-order valence-corrected chi connectivity index (χ0v) is 10.3. The van der Waals surface area contributed by atoms with Crippen molar-refractivity contribution in [3.05, 3.63) is 35.7 Å². The van der Waals surface area contributed by atoms with E-state index in [4.69, 9.17) is 5.11 Å². The van der Waals surface area contributed by atoms with Gasteiger partial charge in [-0.1, -0.05) is 0 Å². The summed E-state index contributed by atoms with van der Waals surface area (Å²) in [7, 11) is 4.00. The Morgan fingerprint density at radius 3 is 3.00 bits per heavy atom. The predicted molar refractivity (Wildman–Crippen MR) is 70.2 cm³/mol. The van der Waals surface area contributed by atoms with E-state index in [9.17, 15) is 4.79 Å². The Morgan fingerprint density at radius 1 is 1.56 bits per heavy atom. The first-order valence-corrected chi connectivity index (χ1v) is 5.58. The van der Waals surface area contributed by atoms with E-state index in [0.717, 1.165) is 34.8 Å². The van der Waals surface area contributed by atoms with Crippen LogP contribution in [0.4, 0.5) is 0 Å². The van der Waals surface area contributed by atoms with Gasteiger partial charge < -0.3 is 15.0 Å². The lowest BCUT2D eigenvalue weighted by Crippen LogP contribution is -2.10. The van der Waals surface area contributed by atoms with E-state index in [-0.39, 0.29) is 0 Å². The molecular weight excluding hydrogens is 230 g/mol. The first kappa shape index (κ1) is 12.3. The van der Waals surface area contributed by atoms with E-state index in [2.05, 4.69) is 14.9 Å². The number of hydrogen-bond acceptors (Lipinski definition) is 3. The summed E-state index contributed by atoms with van der Waals surface area (Å²) in [4.78, 5) is 19.9. The SMILES string of the molecule is CN(C)Cc1c[nH]c2ncc(C=CC(=O)O)cc12. The molecule has 0 aromatic carbocycles. The molecule has 0 spiro atoms. The van der Waals surface area contributed by atoms with Gasteiger partial charge in [-0.15, -0.1) is 0 Å². The number of H-pyrrole nitrogens is 1. The van der Waals surface area contributed by atoms with Crippen molar-refractivity contribution in [2.45, 2.75) is 6.54 Å². The van der Waals surface area contributed by atoms with Crippen molar-refractivity contribution in [2.75, 3.05) is 14.1 Å². The Hall–Kier alpha value is -2.14. The lowest BCUT2D eigenvalue weighted by Gasteiger charge is -2.07. The fourth-order valence-corrected chi connectivity index (χ4v) is 1.80. The number of rotatable bonds is 4. The van der Waals surface area contributed by atoms with Crippen molar-refractivity contribution in [3.63, 3.8) is 0 Å². The molecule has 0 aliphatic rings. The van der Waals surface area contributed by atoms with Gasteiger partial charge in [-0.3, -0.25) is 0 Å². The molecule has 0 aliphatic heterocycles. The summed E-state index contributed by atoms with van der Waals surface area (Å²) >= 11 is 0. The highest BCUT2D eigenvalue weighted by molar-refractivity contribution is 5.87. The van der Waals surface area contributed by atoms with Gasteiger partial charge in [-0.25, -0.2) is 9.78 Å². The van der Waals surface area contributed by atoms with E-state index in [0.29, 0.717) is 0 Å². The lowest BCUT2D eigenvalue weighted by molar-refractivity contribution is -0.131. The second kappa shape index (κ2) is 5.01. The van der Waals surface area contributed by atoms with Crippen LogP contribution in [-0.4, -0.2) is 40.0 Å². The molecule has 0 fully saturated rings. The Balaban J connectivity index is 2.39. The summed E-state index contributed by atoms with van der Waals surface area (Å²) in [5, 5.41) is 9.63. The number of hydrogen-bond donors (Lipinski definition) is 2. The fraction of sp³-hybridized carbons (Fsp3) is 0.231. The zero-order valence-electron chi connectivity index (χ0n) is 10.3. The predicted octanol–water partition coefficient (Wildman–Crippen LogP) is 1.72. The van der Waals surface area contributed by atoms with Crippen LogP contribution in [0.2, 0.25) is 0 Å². The summed E-state index contributed by atoms with van der Waals surface area (Å²) in [5.41, 5.74) is 2.75. The van der Waals surface area contributed by atoms with E-state index >= 15 is 0 Å². The Morgan fingerprint density at radius 2 is 2.33 bits per heavy atom. The van der Waals surface area contributed by atoms with Crippen molar-refractivity contribution < 1.29 is 9.90 Å². The number of aromatic nitrogens is 2. The van der Waals surface area contributed by atoms with Crippen LogP contribution >= 0.6 is 0 Å². The summed E-state index contributed by atoms with van der Waals surface area (Å²) in [6.45, 7) is 0.813. The first-order chi connectivity index (χ1) is 8.56. The van der Waals surface area contributed by atoms with Crippen molar-refractivity contribution >= 4 is 23.1 Å². The Kier molecular flexibility index (Phi) is 3.43. The molecule has 0 amide bonds. The van der Waals surface area contributed by atoms with E-state index in [1.807, 2.05) is 26.4 Å². The minimum atomic E-state index is -0.960. The van der Waals surface area contributed by atoms with Crippen molar-refractivity contribution in [1.82, 2.24) is 14.9 Å². The Labute approximate surface area is 105 Å². The third-order valence-corrected chi connectivity index (χ3v) is 2.54. The quantitative estimate of drug-likeness (QED) is 0.805. The smallest absolute Gasteiger partial charge is 0.328 e. The van der Waals surface area contributed by atoms with Gasteiger partial charge in [0.15, 0.2) is 0 Å². The third-order valence-electron chi connectivity index (χ3n) is 2.54. The maximum Gasteiger partial charge on any atom is 0.328 e. The van der Waals surface area contributed by atoms with Gasteiger partial charge in [0.2, 0.25) is 0 Å². The highest BCUT2D eigenvalue weighted by atomic mass is 16.4. The molecule has 0 unspecified atom stereocenters. The van der Waals surface area contributed by atoms with Crippen LogP contribution in [-0.2, 0) is 11.3 Å². The number of aliphatic carboxylic acids is 1. The molecule has 5 heteroatoms. The largest absolute Gasteiger partial charge is 0.478 e. The molecule has 94 valence electrons. The molecule has 0 aliphatic carbocycles. The topological polar surface area (TPSA) is 69.2 Å². The third kappa shape index (κ3) is 2.75. The number of fused-ring (bicyclic) bond motifs is 1. The summed E-state index contributed by atoms with van der Waals surface area (Å²) in [5.74, 6) is -0.960. The molecule has 0 atom stereocenters. The highest BCUT2D eigenvalue weighted by Gasteiger charge is 2.06. The molecule has 0 saturated heterocycles. The van der Waals surface area contributed by atoms with Crippen LogP contribution in [0, 0.1) is 0 Å². The van der Waals surface area contributed by atoms with Crippen LogP contribution in [0.5, 0.6) is 0 Å². The molecule has 2 N–H and O–H groups in total. The van der Waals surface area contributed by atoms with Crippen LogP contribution in [0.15, 0.2) is 24.5 Å². The number of carboxylic acids is 1. The molecule has 5 nitrogen and oxygen atoms in total. The van der Waals surface area contributed by atoms with Gasteiger partial charge in [0, 0.05) is 30.4 Å². The maximum atomic E-state index is 10.5. The van der Waals surface area contributed by atoms with Crippen molar-refractivity contribution in [1.29, 1.82) is 0 Å². The van der Waals surface area contributed by atoms with Gasteiger partial charge in [0.25, 0.3) is 0 Å². The second-order valence-corrected chi connectivity index (χ2v) is 4.39. The molecule has 0 bridgehead atoms. The number of carbonyl (C=O) groups is 1. The zero-order chi connectivity index (χ0) is 13.1. The number of carboxylic acid groups (broad SMARTS) is 1. The van der Waals surface area contributed by atoms with Crippen LogP contribution in [0.1, 0.15) is 11.1 Å². The summed E-state index contributed by atoms with van der Waals surface area (Å²) in [6.07, 6.45) is 6.24. The van der Waals surface area contributed by atoms with Gasteiger partial charge >= 0.3 is 5.97 Å². The average molecular weight is 245 g/mol. The highest BCUT2D eigenvalue weighted by Crippen LogP contribution is 2.19. The number of nitrogens with one attached hydrogen (secondary N) is 1. The van der Waals surface area contributed by atoms with Gasteiger partial charge in [-0.05, 0) is 37.4 Å². The molecule has 2 heterocycles. The lowest BCUT2D eigenvalue weighted by atomic mass is 10.1. The molecule has 18 heavy (non-hydrogen) atoms. The molecule has 0 radical (unpaired) electrons. The van der Waals surface area contributed by atoms with Crippen LogP contribution in [0.25, 0.3) is 17.1 Å². The van der Waals surface area contributed by atoms with Crippen LogP contribution < -0.4 is 0 Å². The van der Waals surface area contributed by atoms with E-state index in [1.54, 1.807) is 12.3 Å². The molecule has 2 rings (SSSR count). The van der Waals surface area contributed by atoms with Crippen molar-refractivity contribution in [2.24, 2.45) is 0 Å². The van der Waals surface area contributed by atoms with Gasteiger partial charge in [-0.2, -0.15) is 0 Å². The Bertz CT molecular complexity index is 599. The molecule has 2 aromatic heterocycles. The van der Waals surface area contributed by atoms with Crippen molar-refractivity contribution in [3.8, 4) is 0 Å². The van der Waals surface area contributed by atoms with Gasteiger partial charge in [0.05, 0.1) is 0 Å². The molecular formula is C13H15N3O2. The standard InChI is InChI=1S/C13H15N3O2/c1-16(2)8-10-7-15-13-11(10)5-9(6-14-13)3-4-12(17)18/h3-7H,8H2,1-2H3,(H,14,15)(H,17,18). The summed E-state index contributed by atoms with van der Waals surface area (Å²) in [6, 6.07) is 1.94. The fourth-order valence-electron chi connectivity index (χ4n) is 1.80. The monoisotopic (exact) mass is 245 g/mol. The van der Waals surface area contributed by atoms with E-state index in [1.165, 1.54) is 0 Å². The summed E-state index contributed by atoms with van der Waals surface area (Å²) < 4.78 is 0. The normalized spacial score (nSPS) is 11.7. The first-order valence-electron chi connectivity index (χ1n) is 5.58. The minimum absolute atomic E-state index is 0.782. The number of pyridine rings is 1. The minimum Gasteiger partial charge on any atom is -0.478 e. The average Bonchev–Trinajstić information content (AvgIpc) is 2.68. The van der Waals surface area contributed by atoms with E-state index < -0.39 is 5.97 Å². The number of aromatic amines is 1. The second-order valence-electron chi connectivity index (χ2n) is 4.39. The van der Waals surface area contributed by atoms with Gasteiger partial charge in [0.1, 0.15) is 5.65 Å². The molecule has 2 aromatic rings. The maximum absolute atomic E-state index is 10.5.